The first kappa shape index (κ1) is 17.5. The lowest BCUT2D eigenvalue weighted by Gasteiger charge is -2.27. The quantitative estimate of drug-likeness (QED) is 0.901. The summed E-state index contributed by atoms with van der Waals surface area (Å²) in [5.41, 5.74) is 0.419. The van der Waals surface area contributed by atoms with Gasteiger partial charge >= 0.3 is 6.18 Å². The fourth-order valence-electron chi connectivity index (χ4n) is 3.49. The molecule has 1 aliphatic heterocycles. The standard InChI is InChI=1S/C18H19F3N2O2/c1-11-7-8-22(2)16(11)17(25)23-10-12(24)9-15(23)13-5-3-4-6-14(13)18(19,20)21/h3-8,12,15,24H,9-10H2,1-2H3/t12-,15-/m0/s1. The van der Waals surface area contributed by atoms with Crippen LogP contribution >= 0.6 is 0 Å². The van der Waals surface area contributed by atoms with Crippen LogP contribution in [0.2, 0.25) is 0 Å². The van der Waals surface area contributed by atoms with Crippen LogP contribution in [0.5, 0.6) is 0 Å². The number of hydrogen-bond acceptors (Lipinski definition) is 2. The molecular formula is C18H19F3N2O2. The van der Waals surface area contributed by atoms with Gasteiger partial charge in [-0.15, -0.1) is 0 Å². The Morgan fingerprint density at radius 2 is 1.92 bits per heavy atom. The number of carbonyl (C=O) groups excluding carboxylic acids is 1. The lowest BCUT2D eigenvalue weighted by atomic mass is 9.97. The molecule has 1 N–H and O–H groups in total. The number of benzene rings is 1. The largest absolute Gasteiger partial charge is 0.416 e. The molecule has 1 aromatic heterocycles. The van der Waals surface area contributed by atoms with E-state index in [1.807, 2.05) is 0 Å². The average molecular weight is 352 g/mol. The summed E-state index contributed by atoms with van der Waals surface area (Å²) >= 11 is 0. The molecule has 4 nitrogen and oxygen atoms in total. The van der Waals surface area contributed by atoms with Gasteiger partial charge in [0.25, 0.3) is 5.91 Å². The molecule has 2 aromatic rings. The zero-order valence-corrected chi connectivity index (χ0v) is 13.9. The van der Waals surface area contributed by atoms with Crippen molar-refractivity contribution in [3.05, 3.63) is 58.9 Å². The Morgan fingerprint density at radius 3 is 2.52 bits per heavy atom. The molecule has 0 unspecified atom stereocenters. The summed E-state index contributed by atoms with van der Waals surface area (Å²) < 4.78 is 41.7. The smallest absolute Gasteiger partial charge is 0.391 e. The van der Waals surface area contributed by atoms with E-state index in [1.54, 1.807) is 30.8 Å². The lowest BCUT2D eigenvalue weighted by Crippen LogP contribution is -2.34. The van der Waals surface area contributed by atoms with Crippen LogP contribution in [0.25, 0.3) is 0 Å². The SMILES string of the molecule is Cc1ccn(C)c1C(=O)N1C[C@@H](O)C[C@H]1c1ccccc1C(F)(F)F. The third-order valence-corrected chi connectivity index (χ3v) is 4.64. The van der Waals surface area contributed by atoms with E-state index in [2.05, 4.69) is 0 Å². The Labute approximate surface area is 143 Å². The van der Waals surface area contributed by atoms with Gasteiger partial charge in [0.1, 0.15) is 5.69 Å². The molecule has 134 valence electrons. The van der Waals surface area contributed by atoms with Crippen molar-refractivity contribution in [2.75, 3.05) is 6.54 Å². The zero-order chi connectivity index (χ0) is 18.4. The second kappa shape index (κ2) is 6.22. The summed E-state index contributed by atoms with van der Waals surface area (Å²) in [6.07, 6.45) is -3.55. The minimum Gasteiger partial charge on any atom is -0.391 e. The van der Waals surface area contributed by atoms with Crippen molar-refractivity contribution in [3.63, 3.8) is 0 Å². The van der Waals surface area contributed by atoms with Crippen molar-refractivity contribution in [1.82, 2.24) is 9.47 Å². The van der Waals surface area contributed by atoms with E-state index in [0.29, 0.717) is 5.69 Å². The van der Waals surface area contributed by atoms with Crippen molar-refractivity contribution in [3.8, 4) is 0 Å². The first-order valence-corrected chi connectivity index (χ1v) is 7.97. The Bertz CT molecular complexity index is 778. The van der Waals surface area contributed by atoms with Crippen molar-refractivity contribution in [2.24, 2.45) is 7.05 Å². The zero-order valence-electron chi connectivity index (χ0n) is 13.9. The van der Waals surface area contributed by atoms with Gasteiger partial charge in [-0.2, -0.15) is 13.2 Å². The van der Waals surface area contributed by atoms with Gasteiger partial charge in [0.15, 0.2) is 0 Å². The molecule has 3 rings (SSSR count). The number of carbonyl (C=O) groups is 1. The molecule has 0 radical (unpaired) electrons. The summed E-state index contributed by atoms with van der Waals surface area (Å²) in [5.74, 6) is -0.372. The third kappa shape index (κ3) is 3.16. The van der Waals surface area contributed by atoms with E-state index < -0.39 is 23.9 Å². The number of β-amino-alcohol motifs (C(OH)–C–C–N with tert-alkyl or cyclic N) is 1. The third-order valence-electron chi connectivity index (χ3n) is 4.64. The molecule has 1 aromatic carbocycles. The van der Waals surface area contributed by atoms with E-state index in [-0.39, 0.29) is 24.4 Å². The maximum absolute atomic E-state index is 13.4. The summed E-state index contributed by atoms with van der Waals surface area (Å²) in [6, 6.07) is 6.20. The molecule has 7 heteroatoms. The van der Waals surface area contributed by atoms with Gasteiger partial charge in [0.05, 0.1) is 17.7 Å². The highest BCUT2D eigenvalue weighted by Gasteiger charge is 2.42. The van der Waals surface area contributed by atoms with Gasteiger partial charge in [0.2, 0.25) is 0 Å². The fraction of sp³-hybridized carbons (Fsp3) is 0.389. The molecule has 1 aliphatic rings. The number of nitrogens with zero attached hydrogens (tertiary/aromatic N) is 2. The van der Waals surface area contributed by atoms with Crippen LogP contribution in [0.4, 0.5) is 13.2 Å². The van der Waals surface area contributed by atoms with Gasteiger partial charge in [-0.25, -0.2) is 0 Å². The number of likely N-dealkylation sites (tertiary alicyclic amines) is 1. The van der Waals surface area contributed by atoms with Gasteiger partial charge in [-0.1, -0.05) is 18.2 Å². The van der Waals surface area contributed by atoms with Crippen molar-refractivity contribution in [2.45, 2.75) is 31.7 Å². The predicted molar refractivity (Wildman–Crippen MR) is 86.0 cm³/mol. The summed E-state index contributed by atoms with van der Waals surface area (Å²) in [5, 5.41) is 10.0. The maximum atomic E-state index is 13.4. The van der Waals surface area contributed by atoms with E-state index >= 15 is 0 Å². The second-order valence-electron chi connectivity index (χ2n) is 6.41. The molecule has 0 bridgehead atoms. The van der Waals surface area contributed by atoms with Crippen LogP contribution < -0.4 is 0 Å². The number of rotatable bonds is 2. The molecule has 0 spiro atoms. The maximum Gasteiger partial charge on any atom is 0.416 e. The minimum atomic E-state index is -4.51. The molecule has 1 amide bonds. The highest BCUT2D eigenvalue weighted by Crippen LogP contribution is 2.41. The Morgan fingerprint density at radius 1 is 1.24 bits per heavy atom. The van der Waals surface area contributed by atoms with E-state index in [4.69, 9.17) is 0 Å². The Kier molecular flexibility index (Phi) is 4.36. The van der Waals surface area contributed by atoms with Gasteiger partial charge in [-0.3, -0.25) is 4.79 Å². The minimum absolute atomic E-state index is 0.0142. The van der Waals surface area contributed by atoms with E-state index in [1.165, 1.54) is 23.1 Å². The van der Waals surface area contributed by atoms with Gasteiger partial charge < -0.3 is 14.6 Å². The second-order valence-corrected chi connectivity index (χ2v) is 6.41. The fourth-order valence-corrected chi connectivity index (χ4v) is 3.49. The molecule has 0 aliphatic carbocycles. The molecule has 25 heavy (non-hydrogen) atoms. The lowest BCUT2D eigenvalue weighted by molar-refractivity contribution is -0.138. The van der Waals surface area contributed by atoms with Crippen molar-refractivity contribution < 1.29 is 23.1 Å². The summed E-state index contributed by atoms with van der Waals surface area (Å²) in [7, 11) is 1.71. The monoisotopic (exact) mass is 352 g/mol. The number of alkyl halides is 3. The number of aryl methyl sites for hydroxylation is 2. The first-order valence-electron chi connectivity index (χ1n) is 7.97. The molecule has 0 saturated carbocycles. The molecule has 1 fully saturated rings. The number of hydrogen-bond donors (Lipinski definition) is 1. The van der Waals surface area contributed by atoms with Crippen LogP contribution in [-0.2, 0) is 13.2 Å². The van der Waals surface area contributed by atoms with Crippen LogP contribution in [0.3, 0.4) is 0 Å². The van der Waals surface area contributed by atoms with Gasteiger partial charge in [0, 0.05) is 19.8 Å². The Balaban J connectivity index is 2.03. The summed E-state index contributed by atoms with van der Waals surface area (Å²) in [4.78, 5) is 14.3. The first-order chi connectivity index (χ1) is 11.7. The van der Waals surface area contributed by atoms with Crippen LogP contribution in [0, 0.1) is 6.92 Å². The number of aliphatic hydroxyl groups excluding tert-OH is 1. The topological polar surface area (TPSA) is 45.5 Å². The summed E-state index contributed by atoms with van der Waals surface area (Å²) in [6.45, 7) is 1.79. The average Bonchev–Trinajstić information content (AvgIpc) is 3.09. The van der Waals surface area contributed by atoms with E-state index in [0.717, 1.165) is 11.6 Å². The molecule has 1 saturated heterocycles. The highest BCUT2D eigenvalue weighted by molar-refractivity contribution is 5.94. The Hall–Kier alpha value is -2.28. The van der Waals surface area contributed by atoms with Crippen molar-refractivity contribution in [1.29, 1.82) is 0 Å². The molecule has 2 heterocycles. The number of halogens is 3. The van der Waals surface area contributed by atoms with E-state index in [9.17, 15) is 23.1 Å². The molecule has 2 atom stereocenters. The molecular weight excluding hydrogens is 333 g/mol. The normalized spacial score (nSPS) is 21.0. The van der Waals surface area contributed by atoms with Crippen LogP contribution in [0.15, 0.2) is 36.5 Å². The number of aliphatic hydroxyl groups is 1. The predicted octanol–water partition coefficient (Wildman–Crippen LogP) is 3.30. The van der Waals surface area contributed by atoms with Crippen molar-refractivity contribution >= 4 is 5.91 Å². The van der Waals surface area contributed by atoms with Gasteiger partial charge in [-0.05, 0) is 36.6 Å². The van der Waals surface area contributed by atoms with Crippen LogP contribution in [0.1, 0.15) is 39.6 Å². The van der Waals surface area contributed by atoms with Crippen LogP contribution in [-0.4, -0.2) is 33.1 Å². The highest BCUT2D eigenvalue weighted by atomic mass is 19.4. The number of amides is 1. The number of aromatic nitrogens is 1.